The van der Waals surface area contributed by atoms with Crippen LogP contribution in [0.4, 0.5) is 11.4 Å². The molecule has 3 rings (SSSR count). The van der Waals surface area contributed by atoms with Crippen molar-refractivity contribution in [3.8, 4) is 0 Å². The Labute approximate surface area is 153 Å². The van der Waals surface area contributed by atoms with Gasteiger partial charge in [-0.1, -0.05) is 29.8 Å². The van der Waals surface area contributed by atoms with Gasteiger partial charge in [-0.3, -0.25) is 24.3 Å². The van der Waals surface area contributed by atoms with Gasteiger partial charge in [-0.05, 0) is 18.6 Å². The summed E-state index contributed by atoms with van der Waals surface area (Å²) in [4.78, 5) is 22.4. The molecule has 0 saturated heterocycles. The van der Waals surface area contributed by atoms with Crippen LogP contribution < -0.4 is 5.32 Å². The molecular formula is C16H15ClN6O3. The van der Waals surface area contributed by atoms with Crippen molar-refractivity contribution in [1.29, 1.82) is 0 Å². The average Bonchev–Trinajstić information content (AvgIpc) is 3.17. The van der Waals surface area contributed by atoms with Gasteiger partial charge in [0.25, 0.3) is 0 Å². The normalized spacial score (nSPS) is 10.7. The van der Waals surface area contributed by atoms with Gasteiger partial charge in [-0.15, -0.1) is 0 Å². The molecule has 0 unspecified atom stereocenters. The van der Waals surface area contributed by atoms with Crippen LogP contribution in [-0.4, -0.2) is 30.4 Å². The standard InChI is InChI=1S/C16H15ClN6O3/c1-11-15(23(25)26)7-19-22(11)10-16(24)20-13-6-18-21(9-13)8-12-4-2-3-5-14(12)17/h2-7,9H,8,10H2,1H3,(H,20,24). The lowest BCUT2D eigenvalue weighted by Crippen LogP contribution is -2.20. The van der Waals surface area contributed by atoms with Crippen molar-refractivity contribution < 1.29 is 9.72 Å². The maximum absolute atomic E-state index is 12.1. The van der Waals surface area contributed by atoms with Gasteiger partial charge < -0.3 is 5.32 Å². The summed E-state index contributed by atoms with van der Waals surface area (Å²) in [5.41, 5.74) is 1.63. The molecule has 3 aromatic rings. The Hall–Kier alpha value is -3.20. The number of nitrogens with one attached hydrogen (secondary N) is 1. The van der Waals surface area contributed by atoms with Crippen molar-refractivity contribution in [2.75, 3.05) is 5.32 Å². The van der Waals surface area contributed by atoms with Crippen molar-refractivity contribution in [2.24, 2.45) is 0 Å². The third-order valence-electron chi connectivity index (χ3n) is 3.77. The van der Waals surface area contributed by atoms with E-state index in [1.54, 1.807) is 23.9 Å². The van der Waals surface area contributed by atoms with Crippen molar-refractivity contribution in [3.63, 3.8) is 0 Å². The Bertz CT molecular complexity index is 965. The molecular weight excluding hydrogens is 360 g/mol. The van der Waals surface area contributed by atoms with E-state index in [9.17, 15) is 14.9 Å². The van der Waals surface area contributed by atoms with E-state index in [2.05, 4.69) is 15.5 Å². The first-order valence-corrected chi connectivity index (χ1v) is 8.04. The molecule has 2 aromatic heterocycles. The highest BCUT2D eigenvalue weighted by atomic mass is 35.5. The van der Waals surface area contributed by atoms with Crippen LogP contribution in [0.5, 0.6) is 0 Å². The second-order valence-electron chi connectivity index (χ2n) is 5.60. The van der Waals surface area contributed by atoms with Crippen molar-refractivity contribution in [2.45, 2.75) is 20.0 Å². The number of halogens is 1. The molecule has 26 heavy (non-hydrogen) atoms. The molecule has 0 bridgehead atoms. The average molecular weight is 375 g/mol. The molecule has 1 aromatic carbocycles. The van der Waals surface area contributed by atoms with Gasteiger partial charge in [0.1, 0.15) is 18.4 Å². The predicted octanol–water partition coefficient (Wildman–Crippen LogP) is 2.64. The van der Waals surface area contributed by atoms with E-state index < -0.39 is 4.92 Å². The molecule has 2 heterocycles. The highest BCUT2D eigenvalue weighted by Gasteiger charge is 2.18. The highest BCUT2D eigenvalue weighted by Crippen LogP contribution is 2.18. The number of rotatable bonds is 6. The SMILES string of the molecule is Cc1c([N+](=O)[O-])cnn1CC(=O)Nc1cnn(Cc2ccccc2Cl)c1. The molecule has 0 atom stereocenters. The van der Waals surface area contributed by atoms with E-state index in [1.807, 2.05) is 18.2 Å². The summed E-state index contributed by atoms with van der Waals surface area (Å²) in [5, 5.41) is 22.2. The van der Waals surface area contributed by atoms with Crippen LogP contribution in [0.1, 0.15) is 11.3 Å². The number of aromatic nitrogens is 4. The second kappa shape index (κ2) is 7.36. The summed E-state index contributed by atoms with van der Waals surface area (Å²) < 4.78 is 2.93. The van der Waals surface area contributed by atoms with Crippen molar-refractivity contribution >= 4 is 28.9 Å². The third kappa shape index (κ3) is 3.89. The molecule has 0 aliphatic rings. The summed E-state index contributed by atoms with van der Waals surface area (Å²) in [6, 6.07) is 7.44. The number of amides is 1. The van der Waals surface area contributed by atoms with Crippen LogP contribution in [0.15, 0.2) is 42.9 Å². The molecule has 0 radical (unpaired) electrons. The quantitative estimate of drug-likeness (QED) is 0.527. The first-order valence-electron chi connectivity index (χ1n) is 7.66. The van der Waals surface area contributed by atoms with Gasteiger partial charge in [0.05, 0.1) is 23.4 Å². The fourth-order valence-electron chi connectivity index (χ4n) is 2.43. The Morgan fingerprint density at radius 3 is 2.77 bits per heavy atom. The first kappa shape index (κ1) is 17.6. The number of benzene rings is 1. The largest absolute Gasteiger partial charge is 0.322 e. The zero-order valence-electron chi connectivity index (χ0n) is 13.8. The second-order valence-corrected chi connectivity index (χ2v) is 6.00. The van der Waals surface area contributed by atoms with Crippen molar-refractivity contribution in [1.82, 2.24) is 19.6 Å². The molecule has 0 aliphatic carbocycles. The van der Waals surface area contributed by atoms with Crippen LogP contribution >= 0.6 is 11.6 Å². The van der Waals surface area contributed by atoms with E-state index in [1.165, 1.54) is 10.9 Å². The third-order valence-corrected chi connectivity index (χ3v) is 4.14. The lowest BCUT2D eigenvalue weighted by atomic mass is 10.2. The molecule has 0 aliphatic heterocycles. The molecule has 1 N–H and O–H groups in total. The monoisotopic (exact) mass is 374 g/mol. The van der Waals surface area contributed by atoms with E-state index in [0.717, 1.165) is 11.8 Å². The summed E-state index contributed by atoms with van der Waals surface area (Å²) in [5.74, 6) is -0.358. The number of nitrogens with zero attached hydrogens (tertiary/aromatic N) is 5. The Morgan fingerprint density at radius 2 is 2.08 bits per heavy atom. The highest BCUT2D eigenvalue weighted by molar-refractivity contribution is 6.31. The van der Waals surface area contributed by atoms with Crippen LogP contribution in [-0.2, 0) is 17.9 Å². The maximum Gasteiger partial charge on any atom is 0.309 e. The molecule has 0 fully saturated rings. The van der Waals surface area contributed by atoms with Crippen LogP contribution in [0, 0.1) is 17.0 Å². The van der Waals surface area contributed by atoms with Gasteiger partial charge in [-0.2, -0.15) is 10.2 Å². The van der Waals surface area contributed by atoms with Crippen LogP contribution in [0.3, 0.4) is 0 Å². The lowest BCUT2D eigenvalue weighted by molar-refractivity contribution is -0.385. The summed E-state index contributed by atoms with van der Waals surface area (Å²) in [6.07, 6.45) is 4.33. The molecule has 0 spiro atoms. The van der Waals surface area contributed by atoms with E-state index >= 15 is 0 Å². The number of carbonyl (C=O) groups is 1. The van der Waals surface area contributed by atoms with Gasteiger partial charge in [0, 0.05) is 11.2 Å². The summed E-state index contributed by atoms with van der Waals surface area (Å²) in [6.45, 7) is 1.88. The van der Waals surface area contributed by atoms with Crippen molar-refractivity contribution in [3.05, 3.63) is 69.3 Å². The fourth-order valence-corrected chi connectivity index (χ4v) is 2.62. The topological polar surface area (TPSA) is 108 Å². The lowest BCUT2D eigenvalue weighted by Gasteiger charge is -2.05. The Morgan fingerprint density at radius 1 is 1.31 bits per heavy atom. The minimum atomic E-state index is -0.532. The summed E-state index contributed by atoms with van der Waals surface area (Å²) >= 11 is 6.13. The number of hydrogen-bond donors (Lipinski definition) is 1. The zero-order valence-corrected chi connectivity index (χ0v) is 14.6. The Kier molecular flexibility index (Phi) is 4.99. The maximum atomic E-state index is 12.1. The van der Waals surface area contributed by atoms with Gasteiger partial charge in [-0.25, -0.2) is 0 Å². The minimum absolute atomic E-state index is 0.120. The molecule has 9 nitrogen and oxygen atoms in total. The number of hydrogen-bond acceptors (Lipinski definition) is 5. The molecule has 134 valence electrons. The zero-order chi connectivity index (χ0) is 18.7. The van der Waals surface area contributed by atoms with Crippen LogP contribution in [0.25, 0.3) is 0 Å². The number of anilines is 1. The minimum Gasteiger partial charge on any atom is -0.322 e. The van der Waals surface area contributed by atoms with Gasteiger partial charge in [0.15, 0.2) is 0 Å². The molecule has 0 saturated carbocycles. The molecule has 1 amide bonds. The smallest absolute Gasteiger partial charge is 0.309 e. The number of carbonyl (C=O) groups excluding carboxylic acids is 1. The predicted molar refractivity (Wildman–Crippen MR) is 95.0 cm³/mol. The van der Waals surface area contributed by atoms with Crippen LogP contribution in [0.2, 0.25) is 5.02 Å². The van der Waals surface area contributed by atoms with E-state index in [-0.39, 0.29) is 18.1 Å². The Balaban J connectivity index is 1.63. The van der Waals surface area contributed by atoms with Gasteiger partial charge >= 0.3 is 5.69 Å². The first-order chi connectivity index (χ1) is 12.4. The summed E-state index contributed by atoms with van der Waals surface area (Å²) in [7, 11) is 0. The molecule has 10 heteroatoms. The number of nitro groups is 1. The van der Waals surface area contributed by atoms with E-state index in [4.69, 9.17) is 11.6 Å². The van der Waals surface area contributed by atoms with Gasteiger partial charge in [0.2, 0.25) is 5.91 Å². The van der Waals surface area contributed by atoms with E-state index in [0.29, 0.717) is 22.9 Å². The fraction of sp³-hybridized carbons (Fsp3) is 0.188.